The number of ether oxygens (including phenoxy) is 1. The van der Waals surface area contributed by atoms with Crippen molar-refractivity contribution in [2.75, 3.05) is 11.9 Å². The molecule has 25 heavy (non-hydrogen) atoms. The number of carbonyl (C=O) groups excluding carboxylic acids is 2. The topological polar surface area (TPSA) is 55.4 Å². The van der Waals surface area contributed by atoms with E-state index in [1.54, 1.807) is 13.0 Å². The lowest BCUT2D eigenvalue weighted by atomic mass is 10.0. The first-order valence-corrected chi connectivity index (χ1v) is 9.50. The lowest BCUT2D eigenvalue weighted by Gasteiger charge is -2.10. The fourth-order valence-corrected chi connectivity index (χ4v) is 4.14. The molecule has 1 amide bonds. The molecule has 0 saturated carbocycles. The molecule has 7 heteroatoms. The summed E-state index contributed by atoms with van der Waals surface area (Å²) < 4.78 is 19.7. The van der Waals surface area contributed by atoms with E-state index in [1.807, 2.05) is 13.8 Å². The molecule has 0 saturated heterocycles. The average molecular weight is 428 g/mol. The number of benzene rings is 1. The van der Waals surface area contributed by atoms with Gasteiger partial charge in [0.15, 0.2) is 0 Å². The maximum atomic E-state index is 13.8. The first-order valence-electron chi connectivity index (χ1n) is 7.89. The lowest BCUT2D eigenvalue weighted by Crippen LogP contribution is -2.16. The zero-order valence-corrected chi connectivity index (χ0v) is 16.6. The Morgan fingerprint density at radius 3 is 2.60 bits per heavy atom. The Balaban J connectivity index is 2.41. The molecule has 0 fully saturated rings. The van der Waals surface area contributed by atoms with Crippen LogP contribution in [0.4, 0.5) is 9.39 Å². The fraction of sp³-hybridized carbons (Fsp3) is 0.333. The molecule has 4 nitrogen and oxygen atoms in total. The summed E-state index contributed by atoms with van der Waals surface area (Å²) in [5.41, 5.74) is 1.05. The van der Waals surface area contributed by atoms with Crippen LogP contribution in [0.15, 0.2) is 28.1 Å². The smallest absolute Gasteiger partial charge is 0.341 e. The van der Waals surface area contributed by atoms with Crippen molar-refractivity contribution < 1.29 is 18.7 Å². The summed E-state index contributed by atoms with van der Waals surface area (Å²) in [4.78, 5) is 24.8. The van der Waals surface area contributed by atoms with Crippen molar-refractivity contribution in [3.63, 3.8) is 0 Å². The monoisotopic (exact) mass is 427 g/mol. The number of rotatable bonds is 6. The van der Waals surface area contributed by atoms with Gasteiger partial charge in [-0.05, 0) is 52.9 Å². The highest BCUT2D eigenvalue weighted by molar-refractivity contribution is 9.11. The lowest BCUT2D eigenvalue weighted by molar-refractivity contribution is 0.0526. The van der Waals surface area contributed by atoms with Gasteiger partial charge in [0.25, 0.3) is 5.91 Å². The highest BCUT2D eigenvalue weighted by Crippen LogP contribution is 2.39. The van der Waals surface area contributed by atoms with E-state index in [4.69, 9.17) is 4.74 Å². The molecule has 1 aromatic carbocycles. The molecule has 0 unspecified atom stereocenters. The SMILES string of the molecule is CCOC(=O)c1c(NC(=O)c2ccccc2F)sc(Br)c1CC(C)C. The number of hydrogen-bond acceptors (Lipinski definition) is 4. The van der Waals surface area contributed by atoms with Crippen molar-refractivity contribution in [2.45, 2.75) is 27.2 Å². The Kier molecular flexibility index (Phi) is 6.72. The molecule has 2 aromatic rings. The number of anilines is 1. The van der Waals surface area contributed by atoms with E-state index >= 15 is 0 Å². The number of carbonyl (C=O) groups is 2. The van der Waals surface area contributed by atoms with Crippen LogP contribution in [-0.2, 0) is 11.2 Å². The number of amides is 1. The summed E-state index contributed by atoms with van der Waals surface area (Å²) in [6, 6.07) is 5.71. The molecule has 1 N–H and O–H groups in total. The van der Waals surface area contributed by atoms with Crippen LogP contribution in [0.25, 0.3) is 0 Å². The predicted molar refractivity (Wildman–Crippen MR) is 101 cm³/mol. The summed E-state index contributed by atoms with van der Waals surface area (Å²) >= 11 is 4.69. The molecule has 2 rings (SSSR count). The zero-order chi connectivity index (χ0) is 18.6. The van der Waals surface area contributed by atoms with Gasteiger partial charge in [0.1, 0.15) is 10.8 Å². The van der Waals surface area contributed by atoms with Crippen molar-refractivity contribution >= 4 is 44.1 Å². The van der Waals surface area contributed by atoms with E-state index in [-0.39, 0.29) is 12.2 Å². The van der Waals surface area contributed by atoms with Gasteiger partial charge in [-0.25, -0.2) is 9.18 Å². The van der Waals surface area contributed by atoms with Crippen LogP contribution in [-0.4, -0.2) is 18.5 Å². The van der Waals surface area contributed by atoms with Crippen LogP contribution in [0.2, 0.25) is 0 Å². The van der Waals surface area contributed by atoms with Crippen molar-refractivity contribution in [1.29, 1.82) is 0 Å². The second-order valence-corrected chi connectivity index (χ2v) is 8.15. The number of thiophene rings is 1. The standard InChI is InChI=1S/C18H19BrFNO3S/c1-4-24-18(23)14-12(9-10(2)3)15(19)25-17(14)21-16(22)11-7-5-6-8-13(11)20/h5-8,10H,4,9H2,1-3H3,(H,21,22). The highest BCUT2D eigenvalue weighted by atomic mass is 79.9. The minimum atomic E-state index is -0.615. The summed E-state index contributed by atoms with van der Waals surface area (Å²) in [5.74, 6) is -1.40. The normalized spacial score (nSPS) is 10.8. The van der Waals surface area contributed by atoms with Crippen molar-refractivity contribution in [3.8, 4) is 0 Å². The van der Waals surface area contributed by atoms with Gasteiger partial charge in [-0.2, -0.15) is 0 Å². The Morgan fingerprint density at radius 1 is 1.32 bits per heavy atom. The second kappa shape index (κ2) is 8.58. The van der Waals surface area contributed by atoms with E-state index < -0.39 is 17.7 Å². The molecule has 0 radical (unpaired) electrons. The Labute approximate surface area is 158 Å². The minimum absolute atomic E-state index is 0.0766. The van der Waals surface area contributed by atoms with Gasteiger partial charge in [-0.15, -0.1) is 11.3 Å². The molecule has 0 spiro atoms. The van der Waals surface area contributed by atoms with E-state index in [1.165, 1.54) is 29.5 Å². The van der Waals surface area contributed by atoms with Gasteiger partial charge in [0.2, 0.25) is 0 Å². The van der Waals surface area contributed by atoms with Gasteiger partial charge in [0.05, 0.1) is 21.5 Å². The second-order valence-electron chi connectivity index (χ2n) is 5.81. The average Bonchev–Trinajstić information content (AvgIpc) is 2.82. The van der Waals surface area contributed by atoms with Gasteiger partial charge < -0.3 is 10.1 Å². The number of hydrogen-bond donors (Lipinski definition) is 1. The molecule has 0 atom stereocenters. The molecule has 0 bridgehead atoms. The van der Waals surface area contributed by atoms with Crippen LogP contribution in [0.5, 0.6) is 0 Å². The van der Waals surface area contributed by atoms with E-state index in [0.29, 0.717) is 22.9 Å². The van der Waals surface area contributed by atoms with Gasteiger partial charge >= 0.3 is 5.97 Å². The molecule has 0 aliphatic heterocycles. The minimum Gasteiger partial charge on any atom is -0.462 e. The van der Waals surface area contributed by atoms with E-state index in [0.717, 1.165) is 9.35 Å². The summed E-state index contributed by atoms with van der Waals surface area (Å²) in [5, 5.41) is 3.01. The molecule has 134 valence electrons. The maximum Gasteiger partial charge on any atom is 0.341 e. The third kappa shape index (κ3) is 4.67. The summed E-state index contributed by atoms with van der Waals surface area (Å²) in [7, 11) is 0. The Bertz CT molecular complexity index is 789. The molecule has 1 aromatic heterocycles. The van der Waals surface area contributed by atoms with Gasteiger partial charge in [0, 0.05) is 0 Å². The van der Waals surface area contributed by atoms with Crippen LogP contribution < -0.4 is 5.32 Å². The largest absolute Gasteiger partial charge is 0.462 e. The van der Waals surface area contributed by atoms with Crippen molar-refractivity contribution in [1.82, 2.24) is 0 Å². The molecule has 0 aliphatic carbocycles. The molecule has 1 heterocycles. The van der Waals surface area contributed by atoms with Crippen LogP contribution in [0.1, 0.15) is 47.1 Å². The predicted octanol–water partition coefficient (Wildman–Crippen LogP) is 5.28. The molecule has 0 aliphatic rings. The maximum absolute atomic E-state index is 13.8. The highest BCUT2D eigenvalue weighted by Gasteiger charge is 2.26. The third-order valence-electron chi connectivity index (χ3n) is 3.40. The van der Waals surface area contributed by atoms with Crippen molar-refractivity contribution in [3.05, 3.63) is 50.6 Å². The first-order chi connectivity index (χ1) is 11.8. The zero-order valence-electron chi connectivity index (χ0n) is 14.2. The van der Waals surface area contributed by atoms with Gasteiger partial charge in [-0.3, -0.25) is 4.79 Å². The number of halogens is 2. The van der Waals surface area contributed by atoms with Gasteiger partial charge in [-0.1, -0.05) is 26.0 Å². The number of esters is 1. The summed E-state index contributed by atoms with van der Waals surface area (Å²) in [6.45, 7) is 6.03. The third-order valence-corrected chi connectivity index (χ3v) is 5.30. The Hall–Kier alpha value is -1.73. The Morgan fingerprint density at radius 2 is 2.00 bits per heavy atom. The van der Waals surface area contributed by atoms with Crippen LogP contribution in [0, 0.1) is 11.7 Å². The molecular weight excluding hydrogens is 409 g/mol. The fourth-order valence-electron chi connectivity index (χ4n) is 2.35. The molecular formula is C18H19BrFNO3S. The van der Waals surface area contributed by atoms with E-state index in [9.17, 15) is 14.0 Å². The van der Waals surface area contributed by atoms with E-state index in [2.05, 4.69) is 21.2 Å². The first kappa shape index (κ1) is 19.6. The van der Waals surface area contributed by atoms with Crippen molar-refractivity contribution in [2.24, 2.45) is 5.92 Å². The van der Waals surface area contributed by atoms with Crippen LogP contribution in [0.3, 0.4) is 0 Å². The quantitative estimate of drug-likeness (QED) is 0.638. The summed E-state index contributed by atoms with van der Waals surface area (Å²) in [6.07, 6.45) is 0.654. The van der Waals surface area contributed by atoms with Crippen LogP contribution >= 0.6 is 27.3 Å². The number of nitrogens with one attached hydrogen (secondary N) is 1.